The van der Waals surface area contributed by atoms with Gasteiger partial charge in [0.2, 0.25) is 0 Å². The molecule has 106 valence electrons. The van der Waals surface area contributed by atoms with Crippen LogP contribution in [0.1, 0.15) is 11.3 Å². The van der Waals surface area contributed by atoms with Gasteiger partial charge in [0.25, 0.3) is 10.0 Å². The molecule has 0 aliphatic carbocycles. The summed E-state index contributed by atoms with van der Waals surface area (Å²) in [7, 11) is -3.69. The lowest BCUT2D eigenvalue weighted by atomic mass is 10.2. The number of anilines is 1. The molecule has 2 rings (SSSR count). The van der Waals surface area contributed by atoms with E-state index in [9.17, 15) is 8.42 Å². The number of hydrogen-bond acceptors (Lipinski definition) is 5. The minimum absolute atomic E-state index is 0.0508. The fraction of sp³-hybridized carbons (Fsp3) is 0.0909. The molecule has 0 amide bonds. The maximum atomic E-state index is 12.1. The van der Waals surface area contributed by atoms with E-state index in [0.717, 1.165) is 0 Å². The molecule has 0 saturated carbocycles. The highest BCUT2D eigenvalue weighted by Gasteiger charge is 2.18. The highest BCUT2D eigenvalue weighted by atomic mass is 32.2. The van der Waals surface area contributed by atoms with Gasteiger partial charge in [-0.05, 0) is 31.2 Å². The lowest BCUT2D eigenvalue weighted by Crippen LogP contribution is -2.15. The third-order valence-electron chi connectivity index (χ3n) is 2.61. The summed E-state index contributed by atoms with van der Waals surface area (Å²) in [5, 5.41) is 17.6. The summed E-state index contributed by atoms with van der Waals surface area (Å²) in [5.41, 5.74) is 6.71. The molecule has 0 atom stereocenters. The number of rotatable bonds is 4. The summed E-state index contributed by atoms with van der Waals surface area (Å²) in [6, 6.07) is 6.10. The first-order chi connectivity index (χ1) is 9.44. The van der Waals surface area contributed by atoms with Crippen LogP contribution in [0.3, 0.4) is 0 Å². The van der Waals surface area contributed by atoms with Crippen molar-refractivity contribution in [2.45, 2.75) is 11.8 Å². The summed E-state index contributed by atoms with van der Waals surface area (Å²) in [6.45, 7) is 1.61. The number of aryl methyl sites for hydroxylation is 1. The Bertz CT molecular complexity index is 734. The van der Waals surface area contributed by atoms with Gasteiger partial charge in [-0.3, -0.25) is 9.82 Å². The summed E-state index contributed by atoms with van der Waals surface area (Å²) in [4.78, 5) is 0.0815. The van der Waals surface area contributed by atoms with E-state index >= 15 is 0 Å². The molecule has 0 unspecified atom stereocenters. The largest absolute Gasteiger partial charge is 0.409 e. The van der Waals surface area contributed by atoms with Crippen LogP contribution in [0.2, 0.25) is 0 Å². The highest BCUT2D eigenvalue weighted by Crippen LogP contribution is 2.17. The zero-order valence-electron chi connectivity index (χ0n) is 10.5. The van der Waals surface area contributed by atoms with Crippen molar-refractivity contribution in [3.05, 3.63) is 41.7 Å². The first-order valence-electron chi connectivity index (χ1n) is 5.55. The molecule has 0 aliphatic heterocycles. The van der Waals surface area contributed by atoms with Gasteiger partial charge < -0.3 is 10.9 Å². The standard InChI is InChI=1S/C11H13N5O3S/c1-7-10(6-13-14-7)20(18,19)16-9-4-2-8(3-5-9)11(12)15-17/h2-6,16-17H,1H3,(H2,12,15)(H,13,14). The van der Waals surface area contributed by atoms with Crippen LogP contribution in [0.25, 0.3) is 0 Å². The second-order valence-electron chi connectivity index (χ2n) is 4.03. The second kappa shape index (κ2) is 5.21. The van der Waals surface area contributed by atoms with Gasteiger partial charge in [-0.25, -0.2) is 8.42 Å². The Morgan fingerprint density at radius 2 is 2.05 bits per heavy atom. The van der Waals surface area contributed by atoms with Crippen LogP contribution in [0.15, 0.2) is 40.5 Å². The lowest BCUT2D eigenvalue weighted by molar-refractivity contribution is 0.318. The number of nitrogens with one attached hydrogen (secondary N) is 2. The van der Waals surface area contributed by atoms with E-state index in [0.29, 0.717) is 16.9 Å². The van der Waals surface area contributed by atoms with Crippen LogP contribution in [-0.4, -0.2) is 29.7 Å². The van der Waals surface area contributed by atoms with Crippen molar-refractivity contribution in [1.82, 2.24) is 10.2 Å². The van der Waals surface area contributed by atoms with Crippen molar-refractivity contribution in [1.29, 1.82) is 0 Å². The SMILES string of the molecule is Cc1[nH]ncc1S(=O)(=O)Nc1ccc(/C(N)=N/O)cc1. The molecule has 0 radical (unpaired) electrons. The number of benzene rings is 1. The first-order valence-corrected chi connectivity index (χ1v) is 7.03. The maximum absolute atomic E-state index is 12.1. The molecule has 1 heterocycles. The molecule has 20 heavy (non-hydrogen) atoms. The van der Waals surface area contributed by atoms with Gasteiger partial charge in [0.15, 0.2) is 5.84 Å². The minimum atomic E-state index is -3.69. The Morgan fingerprint density at radius 3 is 2.55 bits per heavy atom. The fourth-order valence-electron chi connectivity index (χ4n) is 1.59. The van der Waals surface area contributed by atoms with Crippen LogP contribution in [0, 0.1) is 6.92 Å². The zero-order valence-corrected chi connectivity index (χ0v) is 11.3. The molecule has 0 fully saturated rings. The molecule has 1 aromatic heterocycles. The van der Waals surface area contributed by atoms with E-state index in [1.54, 1.807) is 6.92 Å². The van der Waals surface area contributed by atoms with Crippen molar-refractivity contribution in [3.8, 4) is 0 Å². The molecule has 0 bridgehead atoms. The van der Waals surface area contributed by atoms with Crippen molar-refractivity contribution in [2.75, 3.05) is 4.72 Å². The average Bonchev–Trinajstić information content (AvgIpc) is 2.85. The zero-order chi connectivity index (χ0) is 14.8. The van der Waals surface area contributed by atoms with E-state index in [1.165, 1.54) is 30.5 Å². The van der Waals surface area contributed by atoms with Crippen molar-refractivity contribution in [2.24, 2.45) is 10.9 Å². The normalized spacial score (nSPS) is 12.3. The number of amidine groups is 1. The van der Waals surface area contributed by atoms with Crippen LogP contribution in [-0.2, 0) is 10.0 Å². The van der Waals surface area contributed by atoms with Crippen molar-refractivity contribution < 1.29 is 13.6 Å². The molecule has 0 saturated heterocycles. The molecule has 5 N–H and O–H groups in total. The predicted molar refractivity (Wildman–Crippen MR) is 73.1 cm³/mol. The van der Waals surface area contributed by atoms with Crippen LogP contribution in [0.5, 0.6) is 0 Å². The quantitative estimate of drug-likeness (QED) is 0.284. The Morgan fingerprint density at radius 1 is 1.40 bits per heavy atom. The Balaban J connectivity index is 2.25. The summed E-state index contributed by atoms with van der Waals surface area (Å²) < 4.78 is 26.6. The molecule has 9 heteroatoms. The van der Waals surface area contributed by atoms with Crippen LogP contribution < -0.4 is 10.5 Å². The topological polar surface area (TPSA) is 133 Å². The van der Waals surface area contributed by atoms with Gasteiger partial charge in [0.05, 0.1) is 11.9 Å². The molecule has 0 aliphatic rings. The van der Waals surface area contributed by atoms with Gasteiger partial charge in [0, 0.05) is 11.3 Å². The number of nitrogens with two attached hydrogens (primary N) is 1. The van der Waals surface area contributed by atoms with Gasteiger partial charge in [-0.1, -0.05) is 5.16 Å². The van der Waals surface area contributed by atoms with Gasteiger partial charge in [-0.15, -0.1) is 0 Å². The predicted octanol–water partition coefficient (Wildman–Crippen LogP) is 0.613. The number of H-pyrrole nitrogens is 1. The molecule has 0 spiro atoms. The average molecular weight is 295 g/mol. The number of nitrogens with zero attached hydrogens (tertiary/aromatic N) is 2. The van der Waals surface area contributed by atoms with Crippen molar-refractivity contribution >= 4 is 21.5 Å². The summed E-state index contributed by atoms with van der Waals surface area (Å²) >= 11 is 0. The Labute approximate surface area is 115 Å². The van der Waals surface area contributed by atoms with Gasteiger partial charge in [0.1, 0.15) is 4.90 Å². The molecule has 1 aromatic carbocycles. The van der Waals surface area contributed by atoms with Crippen LogP contribution >= 0.6 is 0 Å². The van der Waals surface area contributed by atoms with Crippen molar-refractivity contribution in [3.63, 3.8) is 0 Å². The molecule has 2 aromatic rings. The Hall–Kier alpha value is -2.55. The highest BCUT2D eigenvalue weighted by molar-refractivity contribution is 7.92. The number of aromatic nitrogens is 2. The summed E-state index contributed by atoms with van der Waals surface area (Å²) in [6.07, 6.45) is 1.24. The minimum Gasteiger partial charge on any atom is -0.409 e. The number of oxime groups is 1. The van der Waals surface area contributed by atoms with E-state index < -0.39 is 10.0 Å². The van der Waals surface area contributed by atoms with E-state index in [-0.39, 0.29) is 10.7 Å². The second-order valence-corrected chi connectivity index (χ2v) is 5.68. The number of hydrogen-bond donors (Lipinski definition) is 4. The molecule has 8 nitrogen and oxygen atoms in total. The smallest absolute Gasteiger partial charge is 0.265 e. The lowest BCUT2D eigenvalue weighted by Gasteiger charge is -2.07. The number of aromatic amines is 1. The number of sulfonamides is 1. The Kier molecular flexibility index (Phi) is 3.61. The van der Waals surface area contributed by atoms with Gasteiger partial charge in [-0.2, -0.15) is 5.10 Å². The molecular weight excluding hydrogens is 282 g/mol. The fourth-order valence-corrected chi connectivity index (χ4v) is 2.78. The van der Waals surface area contributed by atoms with Crippen LogP contribution in [0.4, 0.5) is 5.69 Å². The van der Waals surface area contributed by atoms with E-state index in [2.05, 4.69) is 20.1 Å². The monoisotopic (exact) mass is 295 g/mol. The van der Waals surface area contributed by atoms with E-state index in [1.807, 2.05) is 0 Å². The van der Waals surface area contributed by atoms with Gasteiger partial charge >= 0.3 is 0 Å². The first kappa shape index (κ1) is 13.9. The third kappa shape index (κ3) is 2.72. The summed E-state index contributed by atoms with van der Waals surface area (Å²) in [5.74, 6) is -0.0508. The van der Waals surface area contributed by atoms with E-state index in [4.69, 9.17) is 10.9 Å². The maximum Gasteiger partial charge on any atom is 0.265 e. The third-order valence-corrected chi connectivity index (χ3v) is 4.11. The molecular formula is C11H13N5O3S.